The Hall–Kier alpha value is -1.46. The van der Waals surface area contributed by atoms with Gasteiger partial charge >= 0.3 is 0 Å². The molecule has 2 rings (SSSR count). The van der Waals surface area contributed by atoms with Crippen LogP contribution < -0.4 is 5.73 Å². The number of rotatable bonds is 4. The van der Waals surface area contributed by atoms with Gasteiger partial charge in [-0.25, -0.2) is 4.39 Å². The standard InChI is InChI=1S/C11H12ClFN4/c12-8-3-1-4-9(13)11(8)10-7-17(16-15-10)6-2-5-14/h1,3-4,7H,2,5-6,14H2. The fourth-order valence-corrected chi connectivity index (χ4v) is 1.78. The molecule has 0 radical (unpaired) electrons. The van der Waals surface area contributed by atoms with E-state index >= 15 is 0 Å². The average molecular weight is 255 g/mol. The molecule has 0 unspecified atom stereocenters. The van der Waals surface area contributed by atoms with Crippen LogP contribution in [0, 0.1) is 5.82 Å². The summed E-state index contributed by atoms with van der Waals surface area (Å²) in [6.07, 6.45) is 2.47. The maximum Gasteiger partial charge on any atom is 0.134 e. The summed E-state index contributed by atoms with van der Waals surface area (Å²) in [6.45, 7) is 1.24. The van der Waals surface area contributed by atoms with Gasteiger partial charge in [0.2, 0.25) is 0 Å². The van der Waals surface area contributed by atoms with Crippen LogP contribution in [-0.2, 0) is 6.54 Å². The van der Waals surface area contributed by atoms with Crippen molar-refractivity contribution in [2.24, 2.45) is 5.73 Å². The van der Waals surface area contributed by atoms with Crippen molar-refractivity contribution in [3.05, 3.63) is 35.2 Å². The van der Waals surface area contributed by atoms with E-state index in [9.17, 15) is 4.39 Å². The molecule has 0 spiro atoms. The maximum atomic E-state index is 13.6. The van der Waals surface area contributed by atoms with E-state index in [0.29, 0.717) is 23.8 Å². The van der Waals surface area contributed by atoms with E-state index in [1.165, 1.54) is 6.07 Å². The number of hydrogen-bond donors (Lipinski definition) is 1. The molecule has 0 saturated heterocycles. The SMILES string of the molecule is NCCCn1cc(-c2c(F)cccc2Cl)nn1. The molecule has 90 valence electrons. The summed E-state index contributed by atoms with van der Waals surface area (Å²) in [5.41, 5.74) is 6.12. The number of hydrogen-bond acceptors (Lipinski definition) is 3. The predicted molar refractivity (Wildman–Crippen MR) is 64.1 cm³/mol. The molecule has 0 aliphatic heterocycles. The van der Waals surface area contributed by atoms with Gasteiger partial charge in [0.25, 0.3) is 0 Å². The first-order valence-corrected chi connectivity index (χ1v) is 5.64. The van der Waals surface area contributed by atoms with Crippen molar-refractivity contribution in [3.8, 4) is 11.3 Å². The Balaban J connectivity index is 2.30. The quantitative estimate of drug-likeness (QED) is 0.909. The van der Waals surface area contributed by atoms with Gasteiger partial charge in [-0.15, -0.1) is 5.10 Å². The third-order valence-corrected chi connectivity index (χ3v) is 2.66. The molecule has 0 fully saturated rings. The van der Waals surface area contributed by atoms with Gasteiger partial charge in [0.1, 0.15) is 11.5 Å². The van der Waals surface area contributed by atoms with Crippen LogP contribution in [0.4, 0.5) is 4.39 Å². The molecule has 2 N–H and O–H groups in total. The van der Waals surface area contributed by atoms with Crippen molar-refractivity contribution in [2.75, 3.05) is 6.54 Å². The summed E-state index contributed by atoms with van der Waals surface area (Å²) in [6, 6.07) is 4.53. The van der Waals surface area contributed by atoms with Crippen molar-refractivity contribution >= 4 is 11.6 Å². The Morgan fingerprint density at radius 2 is 2.24 bits per heavy atom. The molecule has 4 nitrogen and oxygen atoms in total. The number of aromatic nitrogens is 3. The predicted octanol–water partition coefficient (Wildman–Crippen LogP) is 2.09. The van der Waals surface area contributed by atoms with E-state index in [2.05, 4.69) is 10.3 Å². The summed E-state index contributed by atoms with van der Waals surface area (Å²) in [7, 11) is 0. The summed E-state index contributed by atoms with van der Waals surface area (Å²) in [5.74, 6) is -0.400. The smallest absolute Gasteiger partial charge is 0.134 e. The minimum absolute atomic E-state index is 0.285. The number of halogens is 2. The molecule has 0 bridgehead atoms. The van der Waals surface area contributed by atoms with Crippen LogP contribution in [-0.4, -0.2) is 21.5 Å². The van der Waals surface area contributed by atoms with E-state index in [0.717, 1.165) is 6.42 Å². The van der Waals surface area contributed by atoms with Crippen LogP contribution in [0.15, 0.2) is 24.4 Å². The molecule has 1 heterocycles. The van der Waals surface area contributed by atoms with E-state index in [4.69, 9.17) is 17.3 Å². The molecular formula is C11H12ClFN4. The van der Waals surface area contributed by atoms with Crippen molar-refractivity contribution in [1.29, 1.82) is 0 Å². The van der Waals surface area contributed by atoms with Crippen molar-refractivity contribution in [2.45, 2.75) is 13.0 Å². The summed E-state index contributed by atoms with van der Waals surface area (Å²) in [4.78, 5) is 0. The zero-order valence-electron chi connectivity index (χ0n) is 9.11. The third-order valence-electron chi connectivity index (χ3n) is 2.35. The van der Waals surface area contributed by atoms with Gasteiger partial charge in [0, 0.05) is 6.54 Å². The van der Waals surface area contributed by atoms with E-state index < -0.39 is 5.82 Å². The fourth-order valence-electron chi connectivity index (χ4n) is 1.52. The Kier molecular flexibility index (Phi) is 3.71. The number of nitrogens with two attached hydrogens (primary N) is 1. The summed E-state index contributed by atoms with van der Waals surface area (Å²) < 4.78 is 15.2. The monoisotopic (exact) mass is 254 g/mol. The van der Waals surface area contributed by atoms with Crippen LogP contribution >= 0.6 is 11.6 Å². The highest BCUT2D eigenvalue weighted by Crippen LogP contribution is 2.28. The summed E-state index contributed by atoms with van der Waals surface area (Å²) >= 11 is 5.94. The van der Waals surface area contributed by atoms with Crippen molar-refractivity contribution < 1.29 is 4.39 Å². The topological polar surface area (TPSA) is 56.7 Å². The van der Waals surface area contributed by atoms with Gasteiger partial charge in [0.05, 0.1) is 16.8 Å². The van der Waals surface area contributed by atoms with Crippen LogP contribution in [0.2, 0.25) is 5.02 Å². The normalized spacial score (nSPS) is 10.8. The van der Waals surface area contributed by atoms with Crippen molar-refractivity contribution in [3.63, 3.8) is 0 Å². The van der Waals surface area contributed by atoms with Crippen LogP contribution in [0.3, 0.4) is 0 Å². The lowest BCUT2D eigenvalue weighted by atomic mass is 10.1. The Morgan fingerprint density at radius 1 is 1.41 bits per heavy atom. The lowest BCUT2D eigenvalue weighted by molar-refractivity contribution is 0.564. The van der Waals surface area contributed by atoms with Gasteiger partial charge in [-0.2, -0.15) is 0 Å². The second-order valence-corrected chi connectivity index (χ2v) is 4.01. The van der Waals surface area contributed by atoms with Gasteiger partial charge in [-0.05, 0) is 25.1 Å². The second kappa shape index (κ2) is 5.25. The molecule has 0 atom stereocenters. The van der Waals surface area contributed by atoms with E-state index in [1.54, 1.807) is 23.0 Å². The fraction of sp³-hybridized carbons (Fsp3) is 0.273. The average Bonchev–Trinajstić information content (AvgIpc) is 2.75. The zero-order valence-corrected chi connectivity index (χ0v) is 9.86. The van der Waals surface area contributed by atoms with Crippen LogP contribution in [0.1, 0.15) is 6.42 Å². The molecular weight excluding hydrogens is 243 g/mol. The first-order valence-electron chi connectivity index (χ1n) is 5.27. The van der Waals surface area contributed by atoms with E-state index in [1.807, 2.05) is 0 Å². The third kappa shape index (κ3) is 2.62. The van der Waals surface area contributed by atoms with Gasteiger partial charge in [0.15, 0.2) is 0 Å². The molecule has 0 aliphatic carbocycles. The lowest BCUT2D eigenvalue weighted by Gasteiger charge is -2.00. The van der Waals surface area contributed by atoms with Crippen LogP contribution in [0.25, 0.3) is 11.3 Å². The largest absolute Gasteiger partial charge is 0.330 e. The Morgan fingerprint density at radius 3 is 2.94 bits per heavy atom. The highest BCUT2D eigenvalue weighted by molar-refractivity contribution is 6.33. The molecule has 1 aromatic carbocycles. The minimum atomic E-state index is -0.400. The van der Waals surface area contributed by atoms with Crippen molar-refractivity contribution in [1.82, 2.24) is 15.0 Å². The Labute approximate surface area is 103 Å². The molecule has 0 aliphatic rings. The first-order chi connectivity index (χ1) is 8.22. The van der Waals surface area contributed by atoms with Gasteiger partial charge < -0.3 is 5.73 Å². The number of benzene rings is 1. The second-order valence-electron chi connectivity index (χ2n) is 3.61. The highest BCUT2D eigenvalue weighted by Gasteiger charge is 2.12. The molecule has 6 heteroatoms. The van der Waals surface area contributed by atoms with Crippen LogP contribution in [0.5, 0.6) is 0 Å². The highest BCUT2D eigenvalue weighted by atomic mass is 35.5. The first kappa shape index (κ1) is 12.0. The Bertz CT molecular complexity index is 492. The molecule has 17 heavy (non-hydrogen) atoms. The zero-order chi connectivity index (χ0) is 12.3. The summed E-state index contributed by atoms with van der Waals surface area (Å²) in [5, 5.41) is 8.14. The number of nitrogens with zero attached hydrogens (tertiary/aromatic N) is 3. The molecule has 0 saturated carbocycles. The molecule has 0 amide bonds. The maximum absolute atomic E-state index is 13.6. The minimum Gasteiger partial charge on any atom is -0.330 e. The molecule has 1 aromatic heterocycles. The lowest BCUT2D eigenvalue weighted by Crippen LogP contribution is -2.06. The van der Waals surface area contributed by atoms with Gasteiger partial charge in [-0.3, -0.25) is 4.68 Å². The molecule has 2 aromatic rings. The number of aryl methyl sites for hydroxylation is 1. The van der Waals surface area contributed by atoms with Gasteiger partial charge in [-0.1, -0.05) is 22.9 Å². The van der Waals surface area contributed by atoms with E-state index in [-0.39, 0.29) is 5.56 Å².